The van der Waals surface area contributed by atoms with Gasteiger partial charge in [0.1, 0.15) is 5.75 Å². The van der Waals surface area contributed by atoms with Crippen molar-refractivity contribution in [1.82, 2.24) is 10.2 Å². The van der Waals surface area contributed by atoms with Crippen LogP contribution < -0.4 is 10.1 Å². The average Bonchev–Trinajstić information content (AvgIpc) is 2.51. The molecule has 1 aromatic rings. The van der Waals surface area contributed by atoms with Gasteiger partial charge < -0.3 is 15.0 Å². The van der Waals surface area contributed by atoms with E-state index >= 15 is 0 Å². The zero-order valence-corrected chi connectivity index (χ0v) is 13.9. The summed E-state index contributed by atoms with van der Waals surface area (Å²) in [5.74, 6) is 1.01. The molecule has 0 aromatic heterocycles. The lowest BCUT2D eigenvalue weighted by atomic mass is 9.96. The zero-order valence-electron chi connectivity index (χ0n) is 13.1. The predicted molar refractivity (Wildman–Crippen MR) is 89.9 cm³/mol. The highest BCUT2D eigenvalue weighted by atomic mass is 35.5. The van der Waals surface area contributed by atoms with Crippen molar-refractivity contribution >= 4 is 18.3 Å². The first kappa shape index (κ1) is 17.1. The van der Waals surface area contributed by atoms with E-state index in [4.69, 9.17) is 4.74 Å². The topological polar surface area (TPSA) is 41.6 Å². The van der Waals surface area contributed by atoms with Gasteiger partial charge in [0.15, 0.2) is 0 Å². The molecule has 0 radical (unpaired) electrons. The van der Waals surface area contributed by atoms with E-state index < -0.39 is 0 Å². The molecule has 1 atom stereocenters. The van der Waals surface area contributed by atoms with Crippen LogP contribution in [0.25, 0.3) is 0 Å². The number of ether oxygens (including phenoxy) is 1. The van der Waals surface area contributed by atoms with E-state index in [9.17, 15) is 4.79 Å². The van der Waals surface area contributed by atoms with Crippen molar-refractivity contribution in [2.45, 2.75) is 44.2 Å². The molecule has 1 aliphatic heterocycles. The number of piperidine rings is 1. The molecule has 1 saturated carbocycles. The molecule has 1 aromatic carbocycles. The number of nitrogens with one attached hydrogen (secondary N) is 1. The van der Waals surface area contributed by atoms with Gasteiger partial charge in [-0.15, -0.1) is 12.4 Å². The van der Waals surface area contributed by atoms with Gasteiger partial charge in [-0.25, -0.2) is 0 Å². The molecule has 2 aliphatic rings. The van der Waals surface area contributed by atoms with Gasteiger partial charge in [-0.2, -0.15) is 0 Å². The van der Waals surface area contributed by atoms with Crippen LogP contribution in [0.1, 0.15) is 42.5 Å². The van der Waals surface area contributed by atoms with Gasteiger partial charge in [0.25, 0.3) is 5.91 Å². The number of likely N-dealkylation sites (N-methyl/N-ethyl adjacent to an activating group) is 1. The first-order valence-corrected chi connectivity index (χ1v) is 7.99. The standard InChI is InChI=1S/C17H24N2O2.ClH/c1-18-14-4-3-11-19(12-14)17(20)13-7-9-16(10-8-13)21-15-5-2-6-15;/h7-10,14-15,18H,2-6,11-12H2,1H3;1H. The van der Waals surface area contributed by atoms with Crippen LogP contribution >= 0.6 is 12.4 Å². The summed E-state index contributed by atoms with van der Waals surface area (Å²) in [7, 11) is 1.96. The monoisotopic (exact) mass is 324 g/mol. The molecule has 5 heteroatoms. The van der Waals surface area contributed by atoms with E-state index in [1.165, 1.54) is 6.42 Å². The van der Waals surface area contributed by atoms with Gasteiger partial charge in [0.05, 0.1) is 6.10 Å². The molecule has 22 heavy (non-hydrogen) atoms. The molecule has 122 valence electrons. The maximum Gasteiger partial charge on any atom is 0.253 e. The number of nitrogens with zero attached hydrogens (tertiary/aromatic N) is 1. The van der Waals surface area contributed by atoms with Crippen molar-refractivity contribution in [2.75, 3.05) is 20.1 Å². The molecule has 4 nitrogen and oxygen atoms in total. The minimum absolute atomic E-state index is 0. The summed E-state index contributed by atoms with van der Waals surface area (Å²) >= 11 is 0. The predicted octanol–water partition coefficient (Wildman–Crippen LogP) is 2.86. The fourth-order valence-corrected chi connectivity index (χ4v) is 2.94. The number of benzene rings is 1. The van der Waals surface area contributed by atoms with Crippen molar-refractivity contribution < 1.29 is 9.53 Å². The number of halogens is 1. The van der Waals surface area contributed by atoms with Crippen LogP contribution in [0.3, 0.4) is 0 Å². The molecule has 0 bridgehead atoms. The number of carbonyl (C=O) groups is 1. The summed E-state index contributed by atoms with van der Waals surface area (Å²) in [6.07, 6.45) is 6.17. The van der Waals surface area contributed by atoms with Gasteiger partial charge in [0, 0.05) is 24.7 Å². The van der Waals surface area contributed by atoms with Crippen LogP contribution in [0.15, 0.2) is 24.3 Å². The Morgan fingerprint density at radius 1 is 1.18 bits per heavy atom. The van der Waals surface area contributed by atoms with E-state index in [0.717, 1.165) is 50.1 Å². The zero-order chi connectivity index (χ0) is 14.7. The Balaban J connectivity index is 0.00000176. The van der Waals surface area contributed by atoms with Crippen LogP contribution in [0.4, 0.5) is 0 Å². The molecule has 1 unspecified atom stereocenters. The third kappa shape index (κ3) is 3.93. The number of rotatable bonds is 4. The van der Waals surface area contributed by atoms with Crippen LogP contribution in [0.2, 0.25) is 0 Å². The van der Waals surface area contributed by atoms with E-state index in [0.29, 0.717) is 12.1 Å². The van der Waals surface area contributed by atoms with Crippen molar-refractivity contribution in [1.29, 1.82) is 0 Å². The molecule has 0 spiro atoms. The first-order chi connectivity index (χ1) is 10.3. The Morgan fingerprint density at radius 2 is 1.91 bits per heavy atom. The maximum absolute atomic E-state index is 12.5. The second kappa shape index (κ2) is 7.84. The maximum atomic E-state index is 12.5. The minimum Gasteiger partial charge on any atom is -0.490 e. The Morgan fingerprint density at radius 3 is 2.50 bits per heavy atom. The molecule has 1 N–H and O–H groups in total. The summed E-state index contributed by atoms with van der Waals surface area (Å²) in [4.78, 5) is 14.5. The Labute approximate surface area is 138 Å². The van der Waals surface area contributed by atoms with Crippen LogP contribution in [-0.2, 0) is 0 Å². The van der Waals surface area contributed by atoms with Crippen LogP contribution in [0.5, 0.6) is 5.75 Å². The van der Waals surface area contributed by atoms with Crippen LogP contribution in [0, 0.1) is 0 Å². The third-order valence-electron chi connectivity index (χ3n) is 4.57. The van der Waals surface area contributed by atoms with Crippen molar-refractivity contribution in [3.63, 3.8) is 0 Å². The lowest BCUT2D eigenvalue weighted by Gasteiger charge is -2.32. The normalized spacial score (nSPS) is 21.7. The third-order valence-corrected chi connectivity index (χ3v) is 4.57. The summed E-state index contributed by atoms with van der Waals surface area (Å²) < 4.78 is 5.83. The number of hydrogen-bond acceptors (Lipinski definition) is 3. The summed E-state index contributed by atoms with van der Waals surface area (Å²) in [6.45, 7) is 1.66. The second-order valence-corrected chi connectivity index (χ2v) is 6.07. The number of carbonyl (C=O) groups excluding carboxylic acids is 1. The fourth-order valence-electron chi connectivity index (χ4n) is 2.94. The summed E-state index contributed by atoms with van der Waals surface area (Å²) in [5, 5.41) is 3.27. The molecule has 1 heterocycles. The SMILES string of the molecule is CNC1CCCN(C(=O)c2ccc(OC3CCC3)cc2)C1.Cl. The second-order valence-electron chi connectivity index (χ2n) is 6.07. The van der Waals surface area contributed by atoms with Crippen molar-refractivity contribution in [3.05, 3.63) is 29.8 Å². The summed E-state index contributed by atoms with van der Waals surface area (Å²) in [5.41, 5.74) is 0.757. The number of likely N-dealkylation sites (tertiary alicyclic amines) is 1. The quantitative estimate of drug-likeness (QED) is 0.926. The lowest BCUT2D eigenvalue weighted by molar-refractivity contribution is 0.0698. The lowest BCUT2D eigenvalue weighted by Crippen LogP contribution is -2.46. The average molecular weight is 325 g/mol. The number of amides is 1. The molecular formula is C17H25ClN2O2. The number of hydrogen-bond donors (Lipinski definition) is 1. The Hall–Kier alpha value is -1.26. The van der Waals surface area contributed by atoms with Gasteiger partial charge >= 0.3 is 0 Å². The van der Waals surface area contributed by atoms with E-state index in [1.54, 1.807) is 0 Å². The van der Waals surface area contributed by atoms with Crippen molar-refractivity contribution in [2.24, 2.45) is 0 Å². The van der Waals surface area contributed by atoms with Crippen LogP contribution in [-0.4, -0.2) is 43.1 Å². The Bertz CT molecular complexity index is 488. The summed E-state index contributed by atoms with van der Waals surface area (Å²) in [6, 6.07) is 8.04. The van der Waals surface area contributed by atoms with Gasteiger partial charge in [-0.05, 0) is 63.4 Å². The molecule has 1 saturated heterocycles. The Kier molecular flexibility index (Phi) is 6.09. The minimum atomic E-state index is 0. The highest BCUT2D eigenvalue weighted by Gasteiger charge is 2.24. The van der Waals surface area contributed by atoms with E-state index in [-0.39, 0.29) is 18.3 Å². The highest BCUT2D eigenvalue weighted by molar-refractivity contribution is 5.94. The van der Waals surface area contributed by atoms with Gasteiger partial charge in [0.2, 0.25) is 0 Å². The molecule has 3 rings (SSSR count). The molecule has 2 fully saturated rings. The van der Waals surface area contributed by atoms with Crippen molar-refractivity contribution in [3.8, 4) is 5.75 Å². The fraction of sp³-hybridized carbons (Fsp3) is 0.588. The largest absolute Gasteiger partial charge is 0.490 e. The van der Waals surface area contributed by atoms with E-state index in [2.05, 4.69) is 5.32 Å². The highest BCUT2D eigenvalue weighted by Crippen LogP contribution is 2.25. The molecular weight excluding hydrogens is 300 g/mol. The molecule has 1 aliphatic carbocycles. The van der Waals surface area contributed by atoms with Gasteiger partial charge in [-0.1, -0.05) is 0 Å². The van der Waals surface area contributed by atoms with E-state index in [1.807, 2.05) is 36.2 Å². The van der Waals surface area contributed by atoms with Gasteiger partial charge in [-0.3, -0.25) is 4.79 Å². The smallest absolute Gasteiger partial charge is 0.253 e. The molecule has 1 amide bonds. The first-order valence-electron chi connectivity index (χ1n) is 7.99.